The van der Waals surface area contributed by atoms with Gasteiger partial charge in [0.15, 0.2) is 0 Å². The summed E-state index contributed by atoms with van der Waals surface area (Å²) in [5.74, 6) is -1.66. The Labute approximate surface area is 169 Å². The van der Waals surface area contributed by atoms with Crippen molar-refractivity contribution in [2.45, 2.75) is 52.5 Å². The average molecular weight is 394 g/mol. The fourth-order valence-corrected chi connectivity index (χ4v) is 5.53. The van der Waals surface area contributed by atoms with Crippen LogP contribution in [0.3, 0.4) is 0 Å². The van der Waals surface area contributed by atoms with Crippen LogP contribution >= 0.6 is 11.3 Å². The minimum atomic E-state index is -1.01. The Balaban J connectivity index is 2.09. The van der Waals surface area contributed by atoms with Crippen LogP contribution in [0.25, 0.3) is 21.3 Å². The van der Waals surface area contributed by atoms with E-state index in [0.717, 1.165) is 58.5 Å². The van der Waals surface area contributed by atoms with E-state index in [2.05, 4.69) is 36.5 Å². The molecule has 4 rings (SSSR count). The molecule has 0 saturated carbocycles. The van der Waals surface area contributed by atoms with Gasteiger partial charge in [0, 0.05) is 40.9 Å². The largest absolute Gasteiger partial charge is 0.549 e. The molecule has 3 heterocycles. The third-order valence-electron chi connectivity index (χ3n) is 5.63. The van der Waals surface area contributed by atoms with Crippen LogP contribution in [-0.2, 0) is 17.8 Å². The number of nitrogens with zero attached hydrogens (tertiary/aromatic N) is 1. The Morgan fingerprint density at radius 3 is 2.71 bits per heavy atom. The maximum absolute atomic E-state index is 12.1. The third-order valence-corrected chi connectivity index (χ3v) is 6.82. The van der Waals surface area contributed by atoms with Crippen LogP contribution in [0.1, 0.15) is 52.9 Å². The summed E-state index contributed by atoms with van der Waals surface area (Å²) in [5, 5.41) is 16.7. The molecule has 1 N–H and O–H groups in total. The molecule has 0 spiro atoms. The summed E-state index contributed by atoms with van der Waals surface area (Å²) in [6.07, 6.45) is 2.34. The minimum Gasteiger partial charge on any atom is -0.549 e. The molecule has 1 aromatic carbocycles. The number of aryl methyl sites for hydroxylation is 2. The molecular formula is C23H25N2O2S-. The lowest BCUT2D eigenvalue weighted by Gasteiger charge is -2.24. The number of aromatic nitrogens is 1. The summed E-state index contributed by atoms with van der Waals surface area (Å²) in [6, 6.07) is 8.38. The molecule has 5 heteroatoms. The number of benzene rings is 1. The summed E-state index contributed by atoms with van der Waals surface area (Å²) < 4.78 is 0. The third kappa shape index (κ3) is 3.23. The van der Waals surface area contributed by atoms with Crippen molar-refractivity contribution in [2.24, 2.45) is 0 Å². The second-order valence-electron chi connectivity index (χ2n) is 7.62. The molecule has 0 fully saturated rings. The maximum atomic E-state index is 12.1. The number of carbonyl (C=O) groups is 1. The van der Waals surface area contributed by atoms with Crippen LogP contribution in [0.2, 0.25) is 0 Å². The van der Waals surface area contributed by atoms with Gasteiger partial charge in [-0.25, -0.2) is 4.98 Å². The fraction of sp³-hybridized carbons (Fsp3) is 0.391. The molecule has 1 atom stereocenters. The van der Waals surface area contributed by atoms with Crippen LogP contribution in [0, 0.1) is 13.8 Å². The molecule has 0 saturated heterocycles. The van der Waals surface area contributed by atoms with Crippen molar-refractivity contribution in [3.8, 4) is 11.1 Å². The molecule has 28 heavy (non-hydrogen) atoms. The Bertz CT molecular complexity index is 1040. The monoisotopic (exact) mass is 393 g/mol. The van der Waals surface area contributed by atoms with Crippen molar-refractivity contribution in [3.05, 3.63) is 51.5 Å². The van der Waals surface area contributed by atoms with Crippen molar-refractivity contribution >= 4 is 27.5 Å². The molecule has 3 aromatic rings. The molecule has 1 aliphatic heterocycles. The van der Waals surface area contributed by atoms with Crippen LogP contribution in [-0.4, -0.2) is 17.5 Å². The lowest BCUT2D eigenvalue weighted by molar-refractivity contribution is -0.308. The van der Waals surface area contributed by atoms with Crippen LogP contribution < -0.4 is 10.4 Å². The van der Waals surface area contributed by atoms with E-state index >= 15 is 0 Å². The van der Waals surface area contributed by atoms with Gasteiger partial charge in [-0.1, -0.05) is 43.2 Å². The van der Waals surface area contributed by atoms with Crippen molar-refractivity contribution in [1.82, 2.24) is 10.3 Å². The highest BCUT2D eigenvalue weighted by Crippen LogP contribution is 2.44. The number of fused-ring (bicyclic) bond motifs is 3. The number of carbonyl (C=O) groups excluding carboxylic acids is 1. The molecular weight excluding hydrogens is 368 g/mol. The van der Waals surface area contributed by atoms with Crippen LogP contribution in [0.5, 0.6) is 0 Å². The van der Waals surface area contributed by atoms with Gasteiger partial charge in [-0.2, -0.15) is 0 Å². The van der Waals surface area contributed by atoms with Gasteiger partial charge < -0.3 is 15.2 Å². The first kappa shape index (κ1) is 19.1. The van der Waals surface area contributed by atoms with E-state index in [1.807, 2.05) is 13.8 Å². The van der Waals surface area contributed by atoms with E-state index in [-0.39, 0.29) is 0 Å². The average Bonchev–Trinajstić information content (AvgIpc) is 3.04. The molecule has 1 aliphatic rings. The first-order chi connectivity index (χ1) is 13.5. The highest BCUT2D eigenvalue weighted by atomic mass is 32.1. The van der Waals surface area contributed by atoms with E-state index in [0.29, 0.717) is 6.42 Å². The highest BCUT2D eigenvalue weighted by molar-refractivity contribution is 7.19. The predicted octanol–water partition coefficient (Wildman–Crippen LogP) is 3.86. The summed E-state index contributed by atoms with van der Waals surface area (Å²) in [4.78, 5) is 19.3. The zero-order valence-electron chi connectivity index (χ0n) is 16.6. The van der Waals surface area contributed by atoms with Gasteiger partial charge in [0.2, 0.25) is 0 Å². The first-order valence-corrected chi connectivity index (χ1v) is 10.8. The Morgan fingerprint density at radius 2 is 2.04 bits per heavy atom. The standard InChI is InChI=1S/C23H26N2O2S/c1-4-5-16(23(26)27)19-14(3)25-22-21(17-12-24-11-10-18(17)28-22)20(19)15-8-6-13(2)7-9-15/h6-9,16,24H,4-5,10-12H2,1-3H3,(H,26,27)/p-1. The Hall–Kier alpha value is -2.24. The summed E-state index contributed by atoms with van der Waals surface area (Å²) in [7, 11) is 0. The van der Waals surface area contributed by atoms with Gasteiger partial charge in [-0.05, 0) is 48.9 Å². The van der Waals surface area contributed by atoms with Crippen LogP contribution in [0.4, 0.5) is 0 Å². The molecule has 0 bridgehead atoms. The second kappa shape index (κ2) is 7.64. The van der Waals surface area contributed by atoms with E-state index in [1.54, 1.807) is 11.3 Å². The smallest absolute Gasteiger partial charge is 0.124 e. The quantitative estimate of drug-likeness (QED) is 0.715. The number of rotatable bonds is 5. The van der Waals surface area contributed by atoms with Crippen molar-refractivity contribution in [3.63, 3.8) is 0 Å². The Kier molecular flexibility index (Phi) is 5.21. The van der Waals surface area contributed by atoms with Gasteiger partial charge in [0.05, 0.1) is 0 Å². The van der Waals surface area contributed by atoms with E-state index < -0.39 is 11.9 Å². The molecule has 0 amide bonds. The maximum Gasteiger partial charge on any atom is 0.124 e. The summed E-state index contributed by atoms with van der Waals surface area (Å²) in [5.41, 5.74) is 6.19. The number of hydrogen-bond donors (Lipinski definition) is 1. The number of pyridine rings is 1. The SMILES string of the molecule is CCCC(C(=O)[O-])c1c(C)nc2sc3c(c2c1-c1ccc(C)cc1)CNCC3. The van der Waals surface area contributed by atoms with E-state index in [1.165, 1.54) is 16.0 Å². The van der Waals surface area contributed by atoms with Crippen LogP contribution in [0.15, 0.2) is 24.3 Å². The first-order valence-electron chi connectivity index (χ1n) is 9.94. The molecule has 0 aliphatic carbocycles. The molecule has 1 unspecified atom stereocenters. The van der Waals surface area contributed by atoms with Gasteiger partial charge >= 0.3 is 0 Å². The topological polar surface area (TPSA) is 65.0 Å². The molecule has 4 nitrogen and oxygen atoms in total. The number of carboxylic acid groups (broad SMARTS) is 1. The predicted molar refractivity (Wildman–Crippen MR) is 113 cm³/mol. The lowest BCUT2D eigenvalue weighted by Crippen LogP contribution is -2.30. The van der Waals surface area contributed by atoms with Gasteiger partial charge in [-0.3, -0.25) is 0 Å². The van der Waals surface area contributed by atoms with Gasteiger partial charge in [-0.15, -0.1) is 11.3 Å². The molecule has 2 aromatic heterocycles. The number of aliphatic carboxylic acids is 1. The zero-order valence-corrected chi connectivity index (χ0v) is 17.4. The number of nitrogens with one attached hydrogen (secondary N) is 1. The summed E-state index contributed by atoms with van der Waals surface area (Å²) >= 11 is 1.75. The second-order valence-corrected chi connectivity index (χ2v) is 8.71. The van der Waals surface area contributed by atoms with Gasteiger partial charge in [0.25, 0.3) is 0 Å². The highest BCUT2D eigenvalue weighted by Gasteiger charge is 2.27. The van der Waals surface area contributed by atoms with Crippen molar-refractivity contribution in [1.29, 1.82) is 0 Å². The fourth-order valence-electron chi connectivity index (χ4n) is 4.28. The molecule has 0 radical (unpaired) electrons. The van der Waals surface area contributed by atoms with Crippen molar-refractivity contribution in [2.75, 3.05) is 6.54 Å². The minimum absolute atomic E-state index is 0.555. The number of hydrogen-bond acceptors (Lipinski definition) is 5. The van der Waals surface area contributed by atoms with E-state index in [4.69, 9.17) is 4.98 Å². The molecule has 146 valence electrons. The lowest BCUT2D eigenvalue weighted by atomic mass is 9.84. The zero-order chi connectivity index (χ0) is 19.8. The number of carboxylic acids is 1. The summed E-state index contributed by atoms with van der Waals surface area (Å²) in [6.45, 7) is 7.80. The number of thiophene rings is 1. The van der Waals surface area contributed by atoms with Crippen molar-refractivity contribution < 1.29 is 9.90 Å². The normalized spacial score (nSPS) is 14.8. The Morgan fingerprint density at radius 1 is 1.29 bits per heavy atom. The van der Waals surface area contributed by atoms with Gasteiger partial charge in [0.1, 0.15) is 4.83 Å². The van der Waals surface area contributed by atoms with E-state index in [9.17, 15) is 9.90 Å².